The number of methoxy groups -OCH3 is 1. The Hall–Kier alpha value is -0.900. The lowest BCUT2D eigenvalue weighted by Gasteiger charge is -2.27. The van der Waals surface area contributed by atoms with E-state index in [1.807, 2.05) is 0 Å². The van der Waals surface area contributed by atoms with Gasteiger partial charge in [-0.1, -0.05) is 30.3 Å². The van der Waals surface area contributed by atoms with Crippen LogP contribution >= 0.6 is 0 Å². The Morgan fingerprint density at radius 1 is 1.32 bits per heavy atom. The largest absolute Gasteiger partial charge is 0.383 e. The minimum Gasteiger partial charge on any atom is -0.383 e. The lowest BCUT2D eigenvalue weighted by atomic mass is 9.94. The Morgan fingerprint density at radius 3 is 2.89 bits per heavy atom. The van der Waals surface area contributed by atoms with Gasteiger partial charge in [0.05, 0.1) is 12.6 Å². The second-order valence-electron chi connectivity index (χ2n) is 5.80. The van der Waals surface area contributed by atoms with E-state index in [1.165, 1.54) is 31.5 Å². The van der Waals surface area contributed by atoms with E-state index in [1.54, 1.807) is 7.11 Å². The van der Waals surface area contributed by atoms with Crippen molar-refractivity contribution in [1.82, 2.24) is 10.2 Å². The van der Waals surface area contributed by atoms with Crippen molar-refractivity contribution in [1.29, 1.82) is 0 Å². The summed E-state index contributed by atoms with van der Waals surface area (Å²) in [4.78, 5) is 2.60. The topological polar surface area (TPSA) is 24.5 Å². The van der Waals surface area contributed by atoms with Gasteiger partial charge in [-0.15, -0.1) is 0 Å². The van der Waals surface area contributed by atoms with Crippen LogP contribution in [0.4, 0.5) is 0 Å². The lowest BCUT2D eigenvalue weighted by molar-refractivity contribution is 0.102. The van der Waals surface area contributed by atoms with Crippen molar-refractivity contribution in [2.45, 2.75) is 24.9 Å². The van der Waals surface area contributed by atoms with Crippen LogP contribution in [0.15, 0.2) is 30.3 Å². The van der Waals surface area contributed by atoms with E-state index in [0.29, 0.717) is 12.1 Å². The zero-order valence-corrected chi connectivity index (χ0v) is 11.7. The van der Waals surface area contributed by atoms with Crippen LogP contribution in [0.25, 0.3) is 0 Å². The predicted octanol–water partition coefficient (Wildman–Crippen LogP) is 2.06. The molecule has 0 aromatic heterocycles. The molecule has 2 fully saturated rings. The van der Waals surface area contributed by atoms with Crippen molar-refractivity contribution >= 4 is 0 Å². The second-order valence-corrected chi connectivity index (χ2v) is 5.80. The van der Waals surface area contributed by atoms with E-state index < -0.39 is 0 Å². The summed E-state index contributed by atoms with van der Waals surface area (Å²) in [6.07, 6.45) is 2.71. The van der Waals surface area contributed by atoms with E-state index in [9.17, 15) is 0 Å². The molecule has 2 aliphatic rings. The summed E-state index contributed by atoms with van der Waals surface area (Å²) in [6, 6.07) is 11.9. The molecule has 3 heteroatoms. The SMILES string of the molecule is COCC(c1ccccc1)N1CC2CCCNC2C1. The first kappa shape index (κ1) is 13.1. The number of hydrogen-bond acceptors (Lipinski definition) is 3. The van der Waals surface area contributed by atoms with E-state index in [0.717, 1.165) is 19.1 Å². The number of benzene rings is 1. The third kappa shape index (κ3) is 2.83. The molecule has 3 nitrogen and oxygen atoms in total. The van der Waals surface area contributed by atoms with Crippen molar-refractivity contribution in [2.24, 2.45) is 5.92 Å². The van der Waals surface area contributed by atoms with Gasteiger partial charge in [-0.3, -0.25) is 4.90 Å². The van der Waals surface area contributed by atoms with Crippen LogP contribution in [0.1, 0.15) is 24.4 Å². The highest BCUT2D eigenvalue weighted by molar-refractivity contribution is 5.20. The smallest absolute Gasteiger partial charge is 0.0659 e. The molecule has 1 aromatic carbocycles. The maximum atomic E-state index is 5.46. The predicted molar refractivity (Wildman–Crippen MR) is 77.1 cm³/mol. The first-order valence-corrected chi connectivity index (χ1v) is 7.40. The molecule has 3 unspecified atom stereocenters. The van der Waals surface area contributed by atoms with Crippen LogP contribution < -0.4 is 5.32 Å². The highest BCUT2D eigenvalue weighted by atomic mass is 16.5. The standard InChI is InChI=1S/C16H24N2O/c1-19-12-16(13-6-3-2-4-7-13)18-10-14-8-5-9-17-15(14)11-18/h2-4,6-7,14-17H,5,8-12H2,1H3. The van der Waals surface area contributed by atoms with Crippen molar-refractivity contribution in [3.63, 3.8) is 0 Å². The fourth-order valence-corrected chi connectivity index (χ4v) is 3.58. The molecule has 2 aliphatic heterocycles. The van der Waals surface area contributed by atoms with Gasteiger partial charge in [-0.25, -0.2) is 0 Å². The van der Waals surface area contributed by atoms with Crippen LogP contribution in [-0.2, 0) is 4.74 Å². The first-order chi connectivity index (χ1) is 9.38. The molecule has 0 bridgehead atoms. The quantitative estimate of drug-likeness (QED) is 0.897. The molecule has 0 saturated carbocycles. The van der Waals surface area contributed by atoms with Gasteiger partial charge >= 0.3 is 0 Å². The number of rotatable bonds is 4. The number of likely N-dealkylation sites (tertiary alicyclic amines) is 1. The highest BCUT2D eigenvalue weighted by Gasteiger charge is 2.37. The molecule has 1 aromatic rings. The number of nitrogens with one attached hydrogen (secondary N) is 1. The summed E-state index contributed by atoms with van der Waals surface area (Å²) in [7, 11) is 1.80. The molecule has 1 N–H and O–H groups in total. The van der Waals surface area contributed by atoms with Crippen molar-refractivity contribution < 1.29 is 4.74 Å². The van der Waals surface area contributed by atoms with Gasteiger partial charge in [0.15, 0.2) is 0 Å². The fourth-order valence-electron chi connectivity index (χ4n) is 3.58. The van der Waals surface area contributed by atoms with E-state index in [4.69, 9.17) is 4.74 Å². The Balaban J connectivity index is 1.74. The number of hydrogen-bond donors (Lipinski definition) is 1. The summed E-state index contributed by atoms with van der Waals surface area (Å²) in [5.41, 5.74) is 1.38. The van der Waals surface area contributed by atoms with Crippen LogP contribution in [0, 0.1) is 5.92 Å². The molecule has 3 rings (SSSR count). The average molecular weight is 260 g/mol. The van der Waals surface area contributed by atoms with E-state index in [-0.39, 0.29) is 0 Å². The maximum absolute atomic E-state index is 5.46. The third-order valence-electron chi connectivity index (χ3n) is 4.58. The fraction of sp³-hybridized carbons (Fsp3) is 0.625. The van der Waals surface area contributed by atoms with Gasteiger partial charge in [0, 0.05) is 26.2 Å². The summed E-state index contributed by atoms with van der Waals surface area (Å²) in [5.74, 6) is 0.830. The first-order valence-electron chi connectivity index (χ1n) is 7.40. The van der Waals surface area contributed by atoms with Gasteiger partial charge < -0.3 is 10.1 Å². The molecular formula is C16H24N2O. The zero-order valence-electron chi connectivity index (χ0n) is 11.7. The van der Waals surface area contributed by atoms with Gasteiger partial charge in [0.2, 0.25) is 0 Å². The van der Waals surface area contributed by atoms with Crippen LogP contribution in [0.5, 0.6) is 0 Å². The number of fused-ring (bicyclic) bond motifs is 1. The van der Waals surface area contributed by atoms with Gasteiger partial charge in [-0.2, -0.15) is 0 Å². The monoisotopic (exact) mass is 260 g/mol. The molecule has 2 heterocycles. The van der Waals surface area contributed by atoms with E-state index >= 15 is 0 Å². The van der Waals surface area contributed by atoms with Crippen LogP contribution in [0.2, 0.25) is 0 Å². The molecule has 0 amide bonds. The molecule has 2 saturated heterocycles. The average Bonchev–Trinajstić information content (AvgIpc) is 2.89. The van der Waals surface area contributed by atoms with Gasteiger partial charge in [-0.05, 0) is 30.9 Å². The minimum absolute atomic E-state index is 0.401. The minimum atomic E-state index is 0.401. The molecule has 104 valence electrons. The summed E-state index contributed by atoms with van der Waals surface area (Å²) < 4.78 is 5.46. The zero-order chi connectivity index (χ0) is 13.1. The van der Waals surface area contributed by atoms with Crippen molar-refractivity contribution in [3.05, 3.63) is 35.9 Å². The Bertz CT molecular complexity index is 381. The summed E-state index contributed by atoms with van der Waals surface area (Å²) >= 11 is 0. The van der Waals surface area contributed by atoms with Gasteiger partial charge in [0.25, 0.3) is 0 Å². The number of ether oxygens (including phenoxy) is 1. The maximum Gasteiger partial charge on any atom is 0.0659 e. The Labute approximate surface area is 115 Å². The summed E-state index contributed by atoms with van der Waals surface area (Å²) in [6.45, 7) is 4.34. The Morgan fingerprint density at radius 2 is 2.16 bits per heavy atom. The molecule has 0 radical (unpaired) electrons. The van der Waals surface area contributed by atoms with Crippen molar-refractivity contribution in [2.75, 3.05) is 33.4 Å². The normalized spacial score (nSPS) is 29.1. The van der Waals surface area contributed by atoms with Crippen molar-refractivity contribution in [3.8, 4) is 0 Å². The van der Waals surface area contributed by atoms with Gasteiger partial charge in [0.1, 0.15) is 0 Å². The summed E-state index contributed by atoms with van der Waals surface area (Å²) in [5, 5.41) is 3.68. The molecular weight excluding hydrogens is 236 g/mol. The Kier molecular flexibility index (Phi) is 4.16. The third-order valence-corrected chi connectivity index (χ3v) is 4.58. The molecule has 3 atom stereocenters. The molecule has 0 spiro atoms. The van der Waals surface area contributed by atoms with E-state index in [2.05, 4.69) is 40.5 Å². The number of piperidine rings is 1. The highest BCUT2D eigenvalue weighted by Crippen LogP contribution is 2.31. The lowest BCUT2D eigenvalue weighted by Crippen LogP contribution is -2.41. The molecule has 0 aliphatic carbocycles. The van der Waals surface area contributed by atoms with Crippen LogP contribution in [0.3, 0.4) is 0 Å². The number of nitrogens with zero attached hydrogens (tertiary/aromatic N) is 1. The van der Waals surface area contributed by atoms with Crippen LogP contribution in [-0.4, -0.2) is 44.3 Å². The molecule has 19 heavy (non-hydrogen) atoms. The second kappa shape index (κ2) is 6.04.